The van der Waals surface area contributed by atoms with E-state index in [1.165, 1.54) is 5.56 Å². The standard InChI is InChI=1S/C22H16N2O3/c25-22-18-10-20-21(27-14-26-20)11-19(18)23-13-24(22)12-15-6-8-17(9-7-15)16-4-2-1-3-5-16/h1-11,13H,12,14H2. The van der Waals surface area contributed by atoms with Crippen molar-refractivity contribution in [2.75, 3.05) is 6.79 Å². The van der Waals surface area contributed by atoms with Gasteiger partial charge in [0.05, 0.1) is 23.8 Å². The Labute approximate surface area is 155 Å². The molecule has 0 fully saturated rings. The van der Waals surface area contributed by atoms with E-state index in [0.29, 0.717) is 28.9 Å². The molecule has 5 heteroatoms. The molecule has 0 saturated carbocycles. The van der Waals surface area contributed by atoms with Gasteiger partial charge in [-0.3, -0.25) is 9.36 Å². The molecule has 1 aromatic heterocycles. The van der Waals surface area contributed by atoms with Gasteiger partial charge in [-0.25, -0.2) is 4.98 Å². The van der Waals surface area contributed by atoms with Crippen molar-refractivity contribution < 1.29 is 9.47 Å². The summed E-state index contributed by atoms with van der Waals surface area (Å²) in [5.41, 5.74) is 3.88. The highest BCUT2D eigenvalue weighted by Crippen LogP contribution is 2.34. The lowest BCUT2D eigenvalue weighted by Gasteiger charge is -2.08. The smallest absolute Gasteiger partial charge is 0.261 e. The van der Waals surface area contributed by atoms with Gasteiger partial charge in [0, 0.05) is 6.07 Å². The average Bonchev–Trinajstić information content (AvgIpc) is 3.18. The first-order chi connectivity index (χ1) is 13.3. The van der Waals surface area contributed by atoms with Crippen LogP contribution >= 0.6 is 0 Å². The minimum atomic E-state index is -0.0922. The second-order valence-corrected chi connectivity index (χ2v) is 6.46. The maximum atomic E-state index is 12.8. The molecule has 1 aliphatic heterocycles. The van der Waals surface area contributed by atoms with Gasteiger partial charge in [-0.2, -0.15) is 0 Å². The van der Waals surface area contributed by atoms with Crippen LogP contribution in [-0.2, 0) is 6.54 Å². The molecular weight excluding hydrogens is 340 g/mol. The number of rotatable bonds is 3. The molecule has 5 rings (SSSR count). The van der Waals surface area contributed by atoms with Gasteiger partial charge in [-0.1, -0.05) is 54.6 Å². The fourth-order valence-electron chi connectivity index (χ4n) is 3.29. The minimum Gasteiger partial charge on any atom is -0.454 e. The molecular formula is C22H16N2O3. The molecule has 2 heterocycles. The average molecular weight is 356 g/mol. The van der Waals surface area contributed by atoms with Crippen molar-refractivity contribution in [3.05, 3.63) is 89.0 Å². The van der Waals surface area contributed by atoms with Gasteiger partial charge < -0.3 is 9.47 Å². The zero-order valence-corrected chi connectivity index (χ0v) is 14.5. The van der Waals surface area contributed by atoms with Gasteiger partial charge in [0.1, 0.15) is 0 Å². The van der Waals surface area contributed by atoms with Crippen molar-refractivity contribution in [3.8, 4) is 22.6 Å². The largest absolute Gasteiger partial charge is 0.454 e. The number of nitrogens with zero attached hydrogens (tertiary/aromatic N) is 2. The molecule has 0 bridgehead atoms. The Morgan fingerprint density at radius 2 is 1.59 bits per heavy atom. The molecule has 5 nitrogen and oxygen atoms in total. The number of ether oxygens (including phenoxy) is 2. The van der Waals surface area contributed by atoms with Gasteiger partial charge in [0.15, 0.2) is 11.5 Å². The van der Waals surface area contributed by atoms with Gasteiger partial charge in [-0.15, -0.1) is 0 Å². The molecule has 4 aromatic rings. The lowest BCUT2D eigenvalue weighted by molar-refractivity contribution is 0.174. The predicted octanol–water partition coefficient (Wildman–Crippen LogP) is 3.84. The SMILES string of the molecule is O=c1c2cc3c(cc2ncn1Cc1ccc(-c2ccccc2)cc1)OCO3. The minimum absolute atomic E-state index is 0.0922. The maximum absolute atomic E-state index is 12.8. The summed E-state index contributed by atoms with van der Waals surface area (Å²) < 4.78 is 12.3. The molecule has 0 radical (unpaired) electrons. The zero-order valence-electron chi connectivity index (χ0n) is 14.5. The van der Waals surface area contributed by atoms with Crippen LogP contribution in [0.3, 0.4) is 0 Å². The molecule has 0 unspecified atom stereocenters. The third kappa shape index (κ3) is 2.83. The topological polar surface area (TPSA) is 53.4 Å². The molecule has 0 spiro atoms. The zero-order chi connectivity index (χ0) is 18.2. The van der Waals surface area contributed by atoms with Gasteiger partial charge in [-0.05, 0) is 22.8 Å². The van der Waals surface area contributed by atoms with E-state index in [1.807, 2.05) is 30.3 Å². The van der Waals surface area contributed by atoms with E-state index in [9.17, 15) is 4.79 Å². The molecule has 0 atom stereocenters. The summed E-state index contributed by atoms with van der Waals surface area (Å²) in [6.07, 6.45) is 1.58. The number of benzene rings is 3. The summed E-state index contributed by atoms with van der Waals surface area (Å²) in [6.45, 7) is 0.638. The summed E-state index contributed by atoms with van der Waals surface area (Å²) in [6, 6.07) is 21.9. The molecule has 3 aromatic carbocycles. The number of hydrogen-bond donors (Lipinski definition) is 0. The van der Waals surface area contributed by atoms with Gasteiger partial charge in [0.25, 0.3) is 5.56 Å². The monoisotopic (exact) mass is 356 g/mol. The fourth-order valence-corrected chi connectivity index (χ4v) is 3.29. The van der Waals surface area contributed by atoms with Crippen LogP contribution in [0.25, 0.3) is 22.0 Å². The van der Waals surface area contributed by atoms with E-state index in [0.717, 1.165) is 11.1 Å². The third-order valence-corrected chi connectivity index (χ3v) is 4.73. The molecule has 132 valence electrons. The quantitative estimate of drug-likeness (QED) is 0.560. The molecule has 0 N–H and O–H groups in total. The van der Waals surface area contributed by atoms with Crippen LogP contribution < -0.4 is 15.0 Å². The predicted molar refractivity (Wildman–Crippen MR) is 103 cm³/mol. The van der Waals surface area contributed by atoms with Crippen molar-refractivity contribution in [3.63, 3.8) is 0 Å². The van der Waals surface area contributed by atoms with Crippen LogP contribution in [0, 0.1) is 0 Å². The highest BCUT2D eigenvalue weighted by Gasteiger charge is 2.16. The second kappa shape index (κ2) is 6.29. The normalized spacial score (nSPS) is 12.4. The summed E-state index contributed by atoms with van der Waals surface area (Å²) in [5.74, 6) is 1.22. The Balaban J connectivity index is 1.47. The van der Waals surface area contributed by atoms with Gasteiger partial charge in [0.2, 0.25) is 6.79 Å². The number of fused-ring (bicyclic) bond motifs is 2. The summed E-state index contributed by atoms with van der Waals surface area (Å²) >= 11 is 0. The van der Waals surface area contributed by atoms with Crippen LogP contribution in [0.5, 0.6) is 11.5 Å². The Kier molecular flexibility index (Phi) is 3.64. The lowest BCUT2D eigenvalue weighted by atomic mass is 10.0. The second-order valence-electron chi connectivity index (χ2n) is 6.46. The molecule has 0 amide bonds. The van der Waals surface area contributed by atoms with Crippen LogP contribution in [0.4, 0.5) is 0 Å². The van der Waals surface area contributed by atoms with Crippen LogP contribution in [0.15, 0.2) is 77.9 Å². The highest BCUT2D eigenvalue weighted by molar-refractivity contribution is 5.82. The first-order valence-corrected chi connectivity index (χ1v) is 8.71. The van der Waals surface area contributed by atoms with Crippen molar-refractivity contribution >= 4 is 10.9 Å². The number of aromatic nitrogens is 2. The highest BCUT2D eigenvalue weighted by atomic mass is 16.7. The first-order valence-electron chi connectivity index (χ1n) is 8.71. The molecule has 0 saturated heterocycles. The van der Waals surface area contributed by atoms with E-state index < -0.39 is 0 Å². The van der Waals surface area contributed by atoms with E-state index in [-0.39, 0.29) is 12.4 Å². The van der Waals surface area contributed by atoms with Crippen LogP contribution in [-0.4, -0.2) is 16.3 Å². The van der Waals surface area contributed by atoms with Crippen molar-refractivity contribution in [2.45, 2.75) is 6.54 Å². The summed E-state index contributed by atoms with van der Waals surface area (Å²) in [4.78, 5) is 17.3. The summed E-state index contributed by atoms with van der Waals surface area (Å²) in [5, 5.41) is 0.530. The van der Waals surface area contributed by atoms with E-state index in [1.54, 1.807) is 23.0 Å². The van der Waals surface area contributed by atoms with E-state index in [4.69, 9.17) is 9.47 Å². The van der Waals surface area contributed by atoms with Crippen LogP contribution in [0.1, 0.15) is 5.56 Å². The lowest BCUT2D eigenvalue weighted by Crippen LogP contribution is -2.21. The fraction of sp³-hybridized carbons (Fsp3) is 0.0909. The van der Waals surface area contributed by atoms with E-state index in [2.05, 4.69) is 29.2 Å². The summed E-state index contributed by atoms with van der Waals surface area (Å²) in [7, 11) is 0. The Bertz CT molecular complexity index is 1180. The molecule has 27 heavy (non-hydrogen) atoms. The van der Waals surface area contributed by atoms with Crippen LogP contribution in [0.2, 0.25) is 0 Å². The Morgan fingerprint density at radius 3 is 2.37 bits per heavy atom. The van der Waals surface area contributed by atoms with Crippen molar-refractivity contribution in [1.29, 1.82) is 0 Å². The Hall–Kier alpha value is -3.60. The van der Waals surface area contributed by atoms with Crippen molar-refractivity contribution in [2.24, 2.45) is 0 Å². The molecule has 1 aliphatic rings. The van der Waals surface area contributed by atoms with Gasteiger partial charge >= 0.3 is 0 Å². The maximum Gasteiger partial charge on any atom is 0.261 e. The van der Waals surface area contributed by atoms with E-state index >= 15 is 0 Å². The number of hydrogen-bond acceptors (Lipinski definition) is 4. The Morgan fingerprint density at radius 1 is 0.889 bits per heavy atom. The first kappa shape index (κ1) is 15.6. The molecule has 0 aliphatic carbocycles. The van der Waals surface area contributed by atoms with Crippen molar-refractivity contribution in [1.82, 2.24) is 9.55 Å². The third-order valence-electron chi connectivity index (χ3n) is 4.73.